The number of rotatable bonds is 3. The maximum Gasteiger partial charge on any atom is 0.318 e. The Morgan fingerprint density at radius 2 is 2.08 bits per heavy atom. The first-order chi connectivity index (χ1) is 11.6. The van der Waals surface area contributed by atoms with Crippen LogP contribution in [0.3, 0.4) is 0 Å². The van der Waals surface area contributed by atoms with Crippen molar-refractivity contribution in [3.8, 4) is 0 Å². The molecule has 2 heterocycles. The third kappa shape index (κ3) is 4.06. The third-order valence-corrected chi connectivity index (χ3v) is 4.99. The molecule has 3 amide bonds. The van der Waals surface area contributed by atoms with Gasteiger partial charge in [-0.25, -0.2) is 4.79 Å². The van der Waals surface area contributed by atoms with E-state index in [1.165, 1.54) is 11.1 Å². The van der Waals surface area contributed by atoms with Gasteiger partial charge in [-0.1, -0.05) is 31.2 Å². The number of benzene rings is 1. The standard InChI is InChI=1S/C18H26N4O2/c1-13-6-8-19-10-16(13)21-17(23)11-20-18(24)22-9-7-14-4-2-3-5-15(14)12-22/h2-5,13,16,19H,6-12H2,1H3,(H,20,24)(H,21,23). The van der Waals surface area contributed by atoms with E-state index in [4.69, 9.17) is 0 Å². The SMILES string of the molecule is CC1CCNCC1NC(=O)CNC(=O)N1CCc2ccccc2C1. The highest BCUT2D eigenvalue weighted by molar-refractivity contribution is 5.84. The maximum absolute atomic E-state index is 12.3. The highest BCUT2D eigenvalue weighted by Crippen LogP contribution is 2.18. The van der Waals surface area contributed by atoms with Gasteiger partial charge in [0.1, 0.15) is 0 Å². The number of urea groups is 1. The lowest BCUT2D eigenvalue weighted by atomic mass is 9.95. The van der Waals surface area contributed by atoms with Crippen LogP contribution in [-0.2, 0) is 17.8 Å². The van der Waals surface area contributed by atoms with Crippen LogP contribution in [0.5, 0.6) is 0 Å². The van der Waals surface area contributed by atoms with Gasteiger partial charge in [-0.2, -0.15) is 0 Å². The molecule has 24 heavy (non-hydrogen) atoms. The smallest absolute Gasteiger partial charge is 0.318 e. The molecule has 0 spiro atoms. The van der Waals surface area contributed by atoms with Gasteiger partial charge in [0.2, 0.25) is 5.91 Å². The Kier molecular flexibility index (Phi) is 5.35. The largest absolute Gasteiger partial charge is 0.350 e. The summed E-state index contributed by atoms with van der Waals surface area (Å²) in [6, 6.07) is 8.16. The summed E-state index contributed by atoms with van der Waals surface area (Å²) in [5.41, 5.74) is 2.49. The molecule has 2 unspecified atom stereocenters. The average Bonchev–Trinajstić information content (AvgIpc) is 2.61. The van der Waals surface area contributed by atoms with Crippen molar-refractivity contribution in [3.63, 3.8) is 0 Å². The van der Waals surface area contributed by atoms with Crippen molar-refractivity contribution in [3.05, 3.63) is 35.4 Å². The monoisotopic (exact) mass is 330 g/mol. The molecule has 2 aliphatic heterocycles. The normalized spacial score (nSPS) is 23.3. The lowest BCUT2D eigenvalue weighted by Crippen LogP contribution is -2.53. The van der Waals surface area contributed by atoms with Crippen LogP contribution in [0.1, 0.15) is 24.5 Å². The number of hydrogen-bond donors (Lipinski definition) is 3. The summed E-state index contributed by atoms with van der Waals surface area (Å²) in [6.45, 7) is 5.27. The predicted molar refractivity (Wildman–Crippen MR) is 92.5 cm³/mol. The molecule has 0 aliphatic carbocycles. The molecule has 2 atom stereocenters. The molecule has 2 aliphatic rings. The van der Waals surface area contributed by atoms with Crippen LogP contribution in [0.2, 0.25) is 0 Å². The van der Waals surface area contributed by atoms with Crippen molar-refractivity contribution in [1.29, 1.82) is 0 Å². The molecule has 3 N–H and O–H groups in total. The molecule has 6 nitrogen and oxygen atoms in total. The van der Waals surface area contributed by atoms with E-state index in [9.17, 15) is 9.59 Å². The van der Waals surface area contributed by atoms with E-state index in [-0.39, 0.29) is 24.5 Å². The Hall–Kier alpha value is -2.08. The van der Waals surface area contributed by atoms with E-state index in [1.807, 2.05) is 12.1 Å². The van der Waals surface area contributed by atoms with E-state index in [0.29, 0.717) is 19.0 Å². The zero-order valence-corrected chi connectivity index (χ0v) is 14.2. The number of fused-ring (bicyclic) bond motifs is 1. The second-order valence-corrected chi connectivity index (χ2v) is 6.74. The first kappa shape index (κ1) is 16.8. The minimum Gasteiger partial charge on any atom is -0.350 e. The van der Waals surface area contributed by atoms with E-state index < -0.39 is 0 Å². The minimum atomic E-state index is -0.172. The fourth-order valence-electron chi connectivity index (χ4n) is 3.38. The number of nitrogens with one attached hydrogen (secondary N) is 3. The Bertz CT molecular complexity index is 604. The van der Waals surface area contributed by atoms with Crippen LogP contribution < -0.4 is 16.0 Å². The number of hydrogen-bond acceptors (Lipinski definition) is 3. The Morgan fingerprint density at radius 3 is 2.88 bits per heavy atom. The van der Waals surface area contributed by atoms with Crippen LogP contribution in [0.4, 0.5) is 4.79 Å². The summed E-state index contributed by atoms with van der Waals surface area (Å²) in [6.07, 6.45) is 1.92. The molecule has 1 aromatic rings. The first-order valence-corrected chi connectivity index (χ1v) is 8.73. The number of amides is 3. The van der Waals surface area contributed by atoms with Crippen molar-refractivity contribution in [2.75, 3.05) is 26.2 Å². The van der Waals surface area contributed by atoms with Crippen molar-refractivity contribution in [2.24, 2.45) is 5.92 Å². The molecule has 0 radical (unpaired) electrons. The molecular weight excluding hydrogens is 304 g/mol. The fraction of sp³-hybridized carbons (Fsp3) is 0.556. The topological polar surface area (TPSA) is 73.5 Å². The molecule has 1 fully saturated rings. The molecule has 1 saturated heterocycles. The first-order valence-electron chi connectivity index (χ1n) is 8.73. The van der Waals surface area contributed by atoms with Crippen LogP contribution in [0.15, 0.2) is 24.3 Å². The third-order valence-electron chi connectivity index (χ3n) is 4.99. The summed E-state index contributed by atoms with van der Waals surface area (Å²) in [5.74, 6) is 0.339. The summed E-state index contributed by atoms with van der Waals surface area (Å²) in [5, 5.41) is 9.04. The summed E-state index contributed by atoms with van der Waals surface area (Å²) >= 11 is 0. The molecule has 130 valence electrons. The highest BCUT2D eigenvalue weighted by atomic mass is 16.2. The van der Waals surface area contributed by atoms with Gasteiger partial charge in [-0.05, 0) is 36.4 Å². The van der Waals surface area contributed by atoms with Crippen LogP contribution in [0.25, 0.3) is 0 Å². The van der Waals surface area contributed by atoms with Crippen molar-refractivity contribution < 1.29 is 9.59 Å². The number of carbonyl (C=O) groups is 2. The van der Waals surface area contributed by atoms with Gasteiger partial charge < -0.3 is 20.9 Å². The Labute approximate surface area is 143 Å². The Balaban J connectivity index is 1.45. The molecular formula is C18H26N4O2. The molecule has 0 bridgehead atoms. The van der Waals surface area contributed by atoms with E-state index >= 15 is 0 Å². The van der Waals surface area contributed by atoms with E-state index in [1.54, 1.807) is 4.90 Å². The highest BCUT2D eigenvalue weighted by Gasteiger charge is 2.24. The van der Waals surface area contributed by atoms with E-state index in [0.717, 1.165) is 25.9 Å². The van der Waals surface area contributed by atoms with Crippen molar-refractivity contribution in [1.82, 2.24) is 20.9 Å². The van der Waals surface area contributed by atoms with Crippen molar-refractivity contribution in [2.45, 2.75) is 32.4 Å². The van der Waals surface area contributed by atoms with Gasteiger partial charge in [0.05, 0.1) is 6.54 Å². The molecule has 1 aromatic carbocycles. The zero-order chi connectivity index (χ0) is 16.9. The Morgan fingerprint density at radius 1 is 1.29 bits per heavy atom. The fourth-order valence-corrected chi connectivity index (χ4v) is 3.38. The van der Waals surface area contributed by atoms with Gasteiger partial charge in [0.15, 0.2) is 0 Å². The molecule has 6 heteroatoms. The van der Waals surface area contributed by atoms with Crippen molar-refractivity contribution >= 4 is 11.9 Å². The van der Waals surface area contributed by atoms with Gasteiger partial charge in [0.25, 0.3) is 0 Å². The number of nitrogens with zero attached hydrogens (tertiary/aromatic N) is 1. The summed E-state index contributed by atoms with van der Waals surface area (Å²) < 4.78 is 0. The minimum absolute atomic E-state index is 0.0280. The van der Waals surface area contributed by atoms with Crippen LogP contribution in [0, 0.1) is 5.92 Å². The lowest BCUT2D eigenvalue weighted by Gasteiger charge is -2.31. The molecule has 0 aromatic heterocycles. The van der Waals surface area contributed by atoms with E-state index in [2.05, 4.69) is 35.0 Å². The van der Waals surface area contributed by atoms with Crippen LogP contribution in [-0.4, -0.2) is 49.1 Å². The summed E-state index contributed by atoms with van der Waals surface area (Å²) in [7, 11) is 0. The predicted octanol–water partition coefficient (Wildman–Crippen LogP) is 0.869. The number of piperidine rings is 1. The second kappa shape index (κ2) is 7.66. The summed E-state index contributed by atoms with van der Waals surface area (Å²) in [4.78, 5) is 26.1. The van der Waals surface area contributed by atoms with Gasteiger partial charge >= 0.3 is 6.03 Å². The average molecular weight is 330 g/mol. The molecule has 3 rings (SSSR count). The van der Waals surface area contributed by atoms with Gasteiger partial charge in [-0.15, -0.1) is 0 Å². The molecule has 0 saturated carbocycles. The van der Waals surface area contributed by atoms with Crippen LogP contribution >= 0.6 is 0 Å². The van der Waals surface area contributed by atoms with Gasteiger partial charge in [0, 0.05) is 25.7 Å². The second-order valence-electron chi connectivity index (χ2n) is 6.74. The zero-order valence-electron chi connectivity index (χ0n) is 14.2. The number of carbonyl (C=O) groups excluding carboxylic acids is 2. The quantitative estimate of drug-likeness (QED) is 0.770. The van der Waals surface area contributed by atoms with Gasteiger partial charge in [-0.3, -0.25) is 4.79 Å². The maximum atomic E-state index is 12.3. The lowest BCUT2D eigenvalue weighted by molar-refractivity contribution is -0.121.